The number of halogens is 2. The van der Waals surface area contributed by atoms with Crippen LogP contribution in [0.5, 0.6) is 0 Å². The summed E-state index contributed by atoms with van der Waals surface area (Å²) in [5.41, 5.74) is 6.65. The number of nitrogens with zero attached hydrogens (tertiary/aromatic N) is 5. The second-order valence-corrected chi connectivity index (χ2v) is 19.6. The van der Waals surface area contributed by atoms with Gasteiger partial charge in [0.15, 0.2) is 11.6 Å². The van der Waals surface area contributed by atoms with Gasteiger partial charge in [-0.3, -0.25) is 14.6 Å². The Labute approximate surface area is 348 Å². The van der Waals surface area contributed by atoms with Gasteiger partial charge in [-0.25, -0.2) is 0 Å². The topological polar surface area (TPSA) is 96.5 Å². The number of hydrogen-bond donors (Lipinski definition) is 0. The van der Waals surface area contributed by atoms with E-state index in [0.29, 0.717) is 66.4 Å². The predicted octanol–water partition coefficient (Wildman–Crippen LogP) is 14.7. The number of aromatic nitrogens is 1. The van der Waals surface area contributed by atoms with Gasteiger partial charge in [-0.1, -0.05) is 106 Å². The van der Waals surface area contributed by atoms with Gasteiger partial charge in [0.2, 0.25) is 0 Å². The second kappa shape index (κ2) is 16.2. The standard InChI is InChI=1S/C48H53Cl2N5O2/c1-28-35(41(54-52-33-18-14-31(49)15-19-33)29-24-36(45(2,3)4)43(56)37(25-29)46(5,6)7)22-23-51-40(28)42(55-53-34-20-16-32(50)17-21-34)30-26-38(47(8,9)10)44(57)39(27-30)48(11,12)13/h14-27H,1-13H3. The van der Waals surface area contributed by atoms with E-state index in [1.807, 2.05) is 120 Å². The summed E-state index contributed by atoms with van der Waals surface area (Å²) >= 11 is 12.4. The molecule has 0 saturated carbocycles. The van der Waals surface area contributed by atoms with Crippen molar-refractivity contribution in [3.8, 4) is 0 Å². The lowest BCUT2D eigenvalue weighted by atomic mass is 9.71. The van der Waals surface area contributed by atoms with Crippen molar-refractivity contribution in [1.82, 2.24) is 4.98 Å². The van der Waals surface area contributed by atoms with E-state index in [0.717, 1.165) is 16.7 Å². The number of pyridine rings is 1. The van der Waals surface area contributed by atoms with E-state index in [9.17, 15) is 9.59 Å². The molecule has 3 aromatic rings. The predicted molar refractivity (Wildman–Crippen MR) is 235 cm³/mol. The summed E-state index contributed by atoms with van der Waals surface area (Å²) in [7, 11) is 0. The normalized spacial score (nSPS) is 15.9. The van der Waals surface area contributed by atoms with Crippen LogP contribution in [0.15, 0.2) is 139 Å². The van der Waals surface area contributed by atoms with Gasteiger partial charge in [-0.2, -0.15) is 10.2 Å². The molecular weight excluding hydrogens is 749 g/mol. The summed E-state index contributed by atoms with van der Waals surface area (Å²) in [6.45, 7) is 26.5. The highest BCUT2D eigenvalue weighted by molar-refractivity contribution is 6.30. The number of azo groups is 2. The molecule has 0 N–H and O–H groups in total. The van der Waals surface area contributed by atoms with E-state index < -0.39 is 21.7 Å². The molecule has 0 spiro atoms. The Hall–Kier alpha value is -4.85. The van der Waals surface area contributed by atoms with Crippen molar-refractivity contribution in [2.45, 2.75) is 90.0 Å². The maximum absolute atomic E-state index is 14.0. The zero-order chi connectivity index (χ0) is 42.2. The molecule has 2 aromatic carbocycles. The SMILES string of the molecule is Cc1c(C(N=Nc2ccc(Cl)cc2)=C2C=C(C(C)(C)C)C(=O)C(C(C)(C)C)=C2)ccnc1C(N=Nc1ccc(Cl)cc1)=C1C=C(C(C)(C)C)C(=O)C(C(C)(C)C)=C1. The minimum atomic E-state index is -0.456. The molecule has 2 aliphatic carbocycles. The maximum atomic E-state index is 14.0. The zero-order valence-electron chi connectivity index (χ0n) is 35.4. The monoisotopic (exact) mass is 801 g/mol. The Morgan fingerprint density at radius 1 is 0.509 bits per heavy atom. The highest BCUT2D eigenvalue weighted by atomic mass is 35.5. The molecule has 0 atom stereocenters. The van der Waals surface area contributed by atoms with Gasteiger partial charge in [0, 0.05) is 55.2 Å². The van der Waals surface area contributed by atoms with Gasteiger partial charge in [-0.15, -0.1) is 10.2 Å². The molecule has 9 heteroatoms. The van der Waals surface area contributed by atoms with E-state index in [-0.39, 0.29) is 11.6 Å². The molecule has 1 heterocycles. The van der Waals surface area contributed by atoms with Gasteiger partial charge < -0.3 is 0 Å². The minimum Gasteiger partial charge on any atom is -0.289 e. The molecule has 0 fully saturated rings. The average Bonchev–Trinajstić information content (AvgIpc) is 3.10. The number of carbonyl (C=O) groups is 2. The number of ketones is 2. The first kappa shape index (κ1) is 43.3. The first-order valence-corrected chi connectivity index (χ1v) is 19.9. The summed E-state index contributed by atoms with van der Waals surface area (Å²) in [4.78, 5) is 33.0. The molecule has 1 aromatic heterocycles. The van der Waals surface area contributed by atoms with Gasteiger partial charge in [0.25, 0.3) is 0 Å². The fourth-order valence-electron chi connectivity index (χ4n) is 6.53. The number of carbonyl (C=O) groups excluding carboxylic acids is 2. The molecule has 0 bridgehead atoms. The lowest BCUT2D eigenvalue weighted by Gasteiger charge is -2.32. The van der Waals surface area contributed by atoms with Crippen LogP contribution >= 0.6 is 23.2 Å². The van der Waals surface area contributed by atoms with Crippen LogP contribution in [0.3, 0.4) is 0 Å². The Kier molecular flexibility index (Phi) is 12.3. The molecule has 0 amide bonds. The molecule has 296 valence electrons. The highest BCUT2D eigenvalue weighted by Gasteiger charge is 2.37. The number of hydrogen-bond acceptors (Lipinski definition) is 7. The largest absolute Gasteiger partial charge is 0.289 e. The lowest BCUT2D eigenvalue weighted by molar-refractivity contribution is -0.114. The first-order chi connectivity index (χ1) is 26.4. The fourth-order valence-corrected chi connectivity index (χ4v) is 6.78. The molecule has 5 rings (SSSR count). The van der Waals surface area contributed by atoms with Crippen molar-refractivity contribution in [3.63, 3.8) is 0 Å². The minimum absolute atomic E-state index is 0.00975. The molecule has 2 aliphatic rings. The lowest BCUT2D eigenvalue weighted by Crippen LogP contribution is -2.28. The van der Waals surface area contributed by atoms with Crippen molar-refractivity contribution >= 4 is 57.5 Å². The van der Waals surface area contributed by atoms with Crippen LogP contribution in [0.25, 0.3) is 11.4 Å². The van der Waals surface area contributed by atoms with Crippen LogP contribution in [-0.2, 0) is 9.59 Å². The Morgan fingerprint density at radius 3 is 1.19 bits per heavy atom. The summed E-state index contributed by atoms with van der Waals surface area (Å²) in [6, 6.07) is 16.2. The number of Topliss-reactive ketones (excluding diaryl/α,β-unsaturated/α-hetero) is 2. The van der Waals surface area contributed by atoms with Crippen LogP contribution in [0, 0.1) is 28.6 Å². The third-order valence-corrected chi connectivity index (χ3v) is 10.3. The van der Waals surface area contributed by atoms with E-state index in [1.54, 1.807) is 54.7 Å². The Bertz CT molecular complexity index is 2120. The van der Waals surface area contributed by atoms with Crippen molar-refractivity contribution < 1.29 is 9.59 Å². The molecule has 0 radical (unpaired) electrons. The Morgan fingerprint density at radius 2 is 0.842 bits per heavy atom. The number of rotatable bonds is 6. The third kappa shape index (κ3) is 10.0. The van der Waals surface area contributed by atoms with Gasteiger partial charge in [0.05, 0.1) is 17.1 Å². The van der Waals surface area contributed by atoms with Crippen LogP contribution in [0.2, 0.25) is 10.0 Å². The summed E-state index contributed by atoms with van der Waals surface area (Å²) in [5.74, 6) is 0.0276. The zero-order valence-corrected chi connectivity index (χ0v) is 36.9. The van der Waals surface area contributed by atoms with Gasteiger partial charge in [-0.05, 0) is 113 Å². The van der Waals surface area contributed by atoms with Crippen molar-refractivity contribution in [2.24, 2.45) is 42.1 Å². The molecule has 0 aliphatic heterocycles. The Balaban J connectivity index is 1.90. The van der Waals surface area contributed by atoms with Crippen LogP contribution in [0.4, 0.5) is 11.4 Å². The van der Waals surface area contributed by atoms with E-state index in [2.05, 4.69) is 10.2 Å². The summed E-state index contributed by atoms with van der Waals surface area (Å²) in [5, 5.41) is 20.4. The van der Waals surface area contributed by atoms with Crippen molar-refractivity contribution in [1.29, 1.82) is 0 Å². The molecular formula is C48H53Cl2N5O2. The van der Waals surface area contributed by atoms with Crippen LogP contribution < -0.4 is 0 Å². The van der Waals surface area contributed by atoms with Crippen molar-refractivity contribution in [3.05, 3.63) is 145 Å². The third-order valence-electron chi connectivity index (χ3n) is 9.82. The van der Waals surface area contributed by atoms with E-state index in [4.69, 9.17) is 38.4 Å². The number of allylic oxidation sites excluding steroid dienone is 10. The van der Waals surface area contributed by atoms with E-state index in [1.165, 1.54) is 0 Å². The van der Waals surface area contributed by atoms with Crippen LogP contribution in [0.1, 0.15) is 99.9 Å². The van der Waals surface area contributed by atoms with Crippen molar-refractivity contribution in [2.75, 3.05) is 0 Å². The molecule has 57 heavy (non-hydrogen) atoms. The molecule has 0 saturated heterocycles. The van der Waals surface area contributed by atoms with E-state index >= 15 is 0 Å². The molecule has 7 nitrogen and oxygen atoms in total. The highest BCUT2D eigenvalue weighted by Crippen LogP contribution is 2.44. The van der Waals surface area contributed by atoms with Gasteiger partial charge >= 0.3 is 0 Å². The number of benzene rings is 2. The van der Waals surface area contributed by atoms with Crippen LogP contribution in [-0.4, -0.2) is 16.6 Å². The second-order valence-electron chi connectivity index (χ2n) is 18.7. The average molecular weight is 803 g/mol. The summed E-state index contributed by atoms with van der Waals surface area (Å²) in [6.07, 6.45) is 9.45. The van der Waals surface area contributed by atoms with Gasteiger partial charge in [0.1, 0.15) is 11.4 Å². The smallest absolute Gasteiger partial charge is 0.186 e. The first-order valence-electron chi connectivity index (χ1n) is 19.1. The summed E-state index contributed by atoms with van der Waals surface area (Å²) < 4.78 is 0. The fraction of sp³-hybridized carbons (Fsp3) is 0.354. The molecule has 0 unspecified atom stereocenters. The maximum Gasteiger partial charge on any atom is 0.186 e. The quantitative estimate of drug-likeness (QED) is 0.232.